The fourth-order valence-electron chi connectivity index (χ4n) is 5.36. The number of benzene rings is 2. The van der Waals surface area contributed by atoms with E-state index in [4.69, 9.17) is 9.47 Å². The Labute approximate surface area is 206 Å². The Bertz CT molecular complexity index is 1400. The van der Waals surface area contributed by atoms with E-state index in [2.05, 4.69) is 0 Å². The molecular weight excluding hydrogens is 467 g/mol. The number of hydrogen-bond donors (Lipinski definition) is 2. The summed E-state index contributed by atoms with van der Waals surface area (Å²) < 4.78 is 28.9. The number of aliphatic hydroxyl groups excluding tert-OH is 1. The lowest BCUT2D eigenvalue weighted by Crippen LogP contribution is -2.56. The number of nitrogens with zero attached hydrogens (tertiary/aromatic N) is 2. The Hall–Kier alpha value is -3.43. The molecule has 2 fully saturated rings. The van der Waals surface area contributed by atoms with Crippen LogP contribution in [0.25, 0.3) is 10.9 Å². The molecule has 3 aromatic rings. The van der Waals surface area contributed by atoms with E-state index in [0.29, 0.717) is 18.5 Å². The van der Waals surface area contributed by atoms with Crippen molar-refractivity contribution in [1.29, 1.82) is 0 Å². The molecule has 0 bridgehead atoms. The van der Waals surface area contributed by atoms with Crippen molar-refractivity contribution in [3.8, 4) is 5.75 Å². The van der Waals surface area contributed by atoms with Gasteiger partial charge < -0.3 is 29.2 Å². The van der Waals surface area contributed by atoms with Gasteiger partial charge in [-0.05, 0) is 30.9 Å². The van der Waals surface area contributed by atoms with E-state index < -0.39 is 22.8 Å². The largest absolute Gasteiger partial charge is 0.487 e. The highest BCUT2D eigenvalue weighted by Crippen LogP contribution is 2.47. The number of fused-ring (bicyclic) bond motifs is 5. The molecule has 0 unspecified atom stereocenters. The number of rotatable bonds is 5. The van der Waals surface area contributed by atoms with E-state index in [0.717, 1.165) is 18.4 Å². The molecule has 1 saturated carbocycles. The average Bonchev–Trinajstić information content (AvgIpc) is 3.73. The number of halogens is 1. The molecule has 2 atom stereocenters. The van der Waals surface area contributed by atoms with Gasteiger partial charge in [0.1, 0.15) is 24.5 Å². The first-order chi connectivity index (χ1) is 17.4. The van der Waals surface area contributed by atoms with E-state index in [1.807, 2.05) is 39.8 Å². The first-order valence-corrected chi connectivity index (χ1v) is 12.2. The summed E-state index contributed by atoms with van der Waals surface area (Å²) in [5.74, 6) is -1.09. The van der Waals surface area contributed by atoms with Gasteiger partial charge in [-0.15, -0.1) is 0 Å². The molecule has 3 aliphatic rings. The van der Waals surface area contributed by atoms with Crippen molar-refractivity contribution in [2.75, 3.05) is 24.7 Å². The number of aliphatic hydroxyl groups is 2. The zero-order chi connectivity index (χ0) is 25.0. The number of carbonyl (C=O) groups is 1. The Morgan fingerprint density at radius 2 is 2.00 bits per heavy atom. The Morgan fingerprint density at radius 1 is 1.22 bits per heavy atom. The number of esters is 1. The normalized spacial score (nSPS) is 23.1. The minimum atomic E-state index is -1.22. The monoisotopic (exact) mass is 494 g/mol. The zero-order valence-corrected chi connectivity index (χ0v) is 19.7. The first kappa shape index (κ1) is 23.0. The number of aromatic nitrogens is 1. The number of pyridine rings is 1. The molecule has 2 aromatic carbocycles. The third-order valence-corrected chi connectivity index (χ3v) is 7.45. The third-order valence-electron chi connectivity index (χ3n) is 7.45. The van der Waals surface area contributed by atoms with Crippen LogP contribution in [0.2, 0.25) is 0 Å². The van der Waals surface area contributed by atoms with Crippen LogP contribution in [0, 0.1) is 5.82 Å². The van der Waals surface area contributed by atoms with Crippen molar-refractivity contribution in [2.45, 2.75) is 50.0 Å². The molecule has 1 saturated heterocycles. The third kappa shape index (κ3) is 3.83. The second-order valence-electron chi connectivity index (χ2n) is 10.00. The van der Waals surface area contributed by atoms with Crippen LogP contribution in [0.1, 0.15) is 47.6 Å². The summed E-state index contributed by atoms with van der Waals surface area (Å²) in [5, 5.41) is 20.2. The molecule has 2 aliphatic heterocycles. The molecule has 0 amide bonds. The van der Waals surface area contributed by atoms with Gasteiger partial charge in [0.25, 0.3) is 0 Å². The zero-order valence-electron chi connectivity index (χ0n) is 19.7. The fraction of sp³-hybridized carbons (Fsp3) is 0.407. The molecular formula is C27H27FN2O6. The summed E-state index contributed by atoms with van der Waals surface area (Å²) in [6.45, 7) is 0.194. The maximum atomic E-state index is 15.6. The van der Waals surface area contributed by atoms with Crippen LogP contribution in [-0.4, -0.2) is 52.2 Å². The van der Waals surface area contributed by atoms with Gasteiger partial charge in [0, 0.05) is 25.2 Å². The van der Waals surface area contributed by atoms with E-state index in [1.54, 1.807) is 0 Å². The van der Waals surface area contributed by atoms with Crippen molar-refractivity contribution in [3.05, 3.63) is 69.8 Å². The second kappa shape index (κ2) is 8.60. The summed E-state index contributed by atoms with van der Waals surface area (Å²) in [5.41, 5.74) is -0.427. The van der Waals surface area contributed by atoms with Crippen LogP contribution in [0.3, 0.4) is 0 Å². The molecule has 36 heavy (non-hydrogen) atoms. The van der Waals surface area contributed by atoms with E-state index in [-0.39, 0.29) is 60.7 Å². The summed E-state index contributed by atoms with van der Waals surface area (Å²) in [7, 11) is 0. The predicted molar refractivity (Wildman–Crippen MR) is 130 cm³/mol. The van der Waals surface area contributed by atoms with Gasteiger partial charge >= 0.3 is 5.97 Å². The van der Waals surface area contributed by atoms with Crippen molar-refractivity contribution in [2.24, 2.45) is 0 Å². The molecule has 9 heteroatoms. The maximum Gasteiger partial charge on any atom is 0.343 e. The van der Waals surface area contributed by atoms with Crippen LogP contribution in [0.4, 0.5) is 10.1 Å². The summed E-state index contributed by atoms with van der Waals surface area (Å²) in [6, 6.07) is 10.1. The van der Waals surface area contributed by atoms with Crippen LogP contribution in [-0.2, 0) is 11.3 Å². The van der Waals surface area contributed by atoms with E-state index in [9.17, 15) is 19.8 Å². The van der Waals surface area contributed by atoms with Gasteiger partial charge in [0.2, 0.25) is 5.43 Å². The predicted octanol–water partition coefficient (Wildman–Crippen LogP) is 2.92. The SMILES string of the molecule is O=C(OCc1ccccc1)c1cn(C2CC2)c2c3c(c(F)cc2c1=O)N1CC[C@@](O)(CO)C[C@H]1CO3. The molecule has 3 heterocycles. The number of piperidine rings is 1. The summed E-state index contributed by atoms with van der Waals surface area (Å²) >= 11 is 0. The lowest BCUT2D eigenvalue weighted by molar-refractivity contribution is -0.0470. The van der Waals surface area contributed by atoms with Gasteiger partial charge in [-0.2, -0.15) is 0 Å². The topological polar surface area (TPSA) is 101 Å². The maximum absolute atomic E-state index is 15.6. The molecule has 0 spiro atoms. The number of ether oxygens (including phenoxy) is 2. The van der Waals surface area contributed by atoms with Crippen LogP contribution >= 0.6 is 0 Å². The standard InChI is InChI=1S/C27H27FN2O6/c28-21-10-19-22(25-23(21)29-9-8-27(34,15-31)11-18(29)14-35-25)30(17-6-7-17)12-20(24(19)32)26(33)36-13-16-4-2-1-3-5-16/h1-5,10,12,17-18,31,34H,6-9,11,13-15H2/t18-,27-/m0/s1. The van der Waals surface area contributed by atoms with E-state index >= 15 is 4.39 Å². The van der Waals surface area contributed by atoms with Gasteiger partial charge in [-0.3, -0.25) is 4.79 Å². The summed E-state index contributed by atoms with van der Waals surface area (Å²) in [4.78, 5) is 28.2. The number of anilines is 1. The lowest BCUT2D eigenvalue weighted by Gasteiger charge is -2.47. The quantitative estimate of drug-likeness (QED) is 0.526. The highest BCUT2D eigenvalue weighted by atomic mass is 19.1. The second-order valence-corrected chi connectivity index (χ2v) is 10.00. The minimum absolute atomic E-state index is 0.0266. The minimum Gasteiger partial charge on any atom is -0.487 e. The van der Waals surface area contributed by atoms with Crippen LogP contribution < -0.4 is 15.1 Å². The first-order valence-electron chi connectivity index (χ1n) is 12.2. The molecule has 188 valence electrons. The van der Waals surface area contributed by atoms with Crippen molar-refractivity contribution < 1.29 is 28.9 Å². The van der Waals surface area contributed by atoms with Crippen LogP contribution in [0.5, 0.6) is 5.75 Å². The molecule has 1 aliphatic carbocycles. The Morgan fingerprint density at radius 3 is 2.72 bits per heavy atom. The highest BCUT2D eigenvalue weighted by Gasteiger charge is 2.43. The molecule has 0 radical (unpaired) electrons. The highest BCUT2D eigenvalue weighted by molar-refractivity contribution is 5.98. The average molecular weight is 495 g/mol. The van der Waals surface area contributed by atoms with E-state index in [1.165, 1.54) is 12.3 Å². The number of hydrogen-bond acceptors (Lipinski definition) is 7. The van der Waals surface area contributed by atoms with Gasteiger partial charge in [0.05, 0.1) is 29.2 Å². The number of carbonyl (C=O) groups excluding carboxylic acids is 1. The van der Waals surface area contributed by atoms with Crippen molar-refractivity contribution >= 4 is 22.6 Å². The fourth-order valence-corrected chi connectivity index (χ4v) is 5.36. The molecule has 2 N–H and O–H groups in total. The van der Waals surface area contributed by atoms with Crippen LogP contribution in [0.15, 0.2) is 47.4 Å². The molecule has 6 rings (SSSR count). The summed E-state index contributed by atoms with van der Waals surface area (Å²) in [6.07, 6.45) is 3.81. The van der Waals surface area contributed by atoms with Gasteiger partial charge in [-0.1, -0.05) is 30.3 Å². The van der Waals surface area contributed by atoms with Gasteiger partial charge in [-0.25, -0.2) is 9.18 Å². The molecule has 8 nitrogen and oxygen atoms in total. The van der Waals surface area contributed by atoms with Crippen molar-refractivity contribution in [3.63, 3.8) is 0 Å². The molecule has 1 aromatic heterocycles. The Balaban J connectivity index is 1.42. The van der Waals surface area contributed by atoms with Gasteiger partial charge in [0.15, 0.2) is 11.6 Å². The Kier molecular flexibility index (Phi) is 5.49. The van der Waals surface area contributed by atoms with Crippen molar-refractivity contribution in [1.82, 2.24) is 4.57 Å². The lowest BCUT2D eigenvalue weighted by atomic mass is 9.86. The smallest absolute Gasteiger partial charge is 0.343 e.